The van der Waals surface area contributed by atoms with E-state index in [-0.39, 0.29) is 57.6 Å². The third-order valence-corrected chi connectivity index (χ3v) is 13.5. The Kier molecular flexibility index (Phi) is 6.48. The van der Waals surface area contributed by atoms with Gasteiger partial charge in [-0.1, -0.05) is 45.3 Å². The van der Waals surface area contributed by atoms with Gasteiger partial charge in [0.25, 0.3) is 5.91 Å². The summed E-state index contributed by atoms with van der Waals surface area (Å²) in [4.78, 5) is 53.7. The number of esters is 1. The molecule has 2 N–H and O–H groups in total. The number of ether oxygens (including phenoxy) is 1. The zero-order valence-corrected chi connectivity index (χ0v) is 26.9. The number of ketones is 1. The van der Waals surface area contributed by atoms with Gasteiger partial charge in [-0.2, -0.15) is 0 Å². The lowest BCUT2D eigenvalue weighted by atomic mass is 9.34. The van der Waals surface area contributed by atoms with Crippen molar-refractivity contribution in [1.29, 1.82) is 0 Å². The highest BCUT2D eigenvalue weighted by Gasteiger charge is 2.72. The molecule has 2 amide bonds. The van der Waals surface area contributed by atoms with Crippen LogP contribution < -0.4 is 10.9 Å². The molecule has 1 aromatic rings. The zero-order valence-electron chi connectivity index (χ0n) is 26.9. The number of fused-ring (bicyclic) bond motifs is 8. The molecule has 9 nitrogen and oxygen atoms in total. The minimum atomic E-state index is -1.11. The number of amides is 2. The van der Waals surface area contributed by atoms with Crippen LogP contribution in [-0.2, 0) is 35.8 Å². The molecule has 8 atom stereocenters. The minimum absolute atomic E-state index is 0.0341. The molecule has 1 unspecified atom stereocenters. The van der Waals surface area contributed by atoms with E-state index >= 15 is 0 Å². The van der Waals surface area contributed by atoms with Crippen molar-refractivity contribution < 1.29 is 28.4 Å². The molecule has 0 saturated heterocycles. The number of hydrazine groups is 1. The molecular weight excluding hydrogens is 546 g/mol. The summed E-state index contributed by atoms with van der Waals surface area (Å²) in [5, 5.41) is 4.10. The molecular formula is C34H47N3O6. The van der Waals surface area contributed by atoms with Crippen molar-refractivity contribution in [2.45, 2.75) is 105 Å². The van der Waals surface area contributed by atoms with Gasteiger partial charge in [-0.05, 0) is 97.9 Å². The normalized spacial score (nSPS) is 42.6. The molecule has 3 saturated carbocycles. The Morgan fingerprint density at radius 1 is 1.00 bits per heavy atom. The van der Waals surface area contributed by atoms with Crippen molar-refractivity contribution in [2.75, 3.05) is 7.11 Å². The summed E-state index contributed by atoms with van der Waals surface area (Å²) in [6, 6.07) is 0. The number of methoxy groups -OCH3 is 1. The van der Waals surface area contributed by atoms with Gasteiger partial charge in [0.05, 0.1) is 18.7 Å². The Bertz CT molecular complexity index is 1440. The Labute approximate surface area is 254 Å². The summed E-state index contributed by atoms with van der Waals surface area (Å²) in [7, 11) is 1.48. The predicted molar refractivity (Wildman–Crippen MR) is 158 cm³/mol. The van der Waals surface area contributed by atoms with Crippen molar-refractivity contribution >= 4 is 23.6 Å². The smallest absolute Gasteiger partial charge is 0.312 e. The van der Waals surface area contributed by atoms with Crippen molar-refractivity contribution in [2.24, 2.45) is 44.8 Å². The second-order valence-corrected chi connectivity index (χ2v) is 16.0. The first-order chi connectivity index (χ1) is 20.0. The number of allylic oxidation sites excluding steroid dienone is 2. The first-order valence-corrected chi connectivity index (χ1v) is 15.9. The van der Waals surface area contributed by atoms with E-state index in [2.05, 4.69) is 50.6 Å². The fourth-order valence-corrected chi connectivity index (χ4v) is 11.1. The van der Waals surface area contributed by atoms with Crippen molar-refractivity contribution in [3.8, 4) is 0 Å². The van der Waals surface area contributed by atoms with E-state index in [0.29, 0.717) is 12.2 Å². The molecule has 0 bridgehead atoms. The van der Waals surface area contributed by atoms with E-state index in [1.54, 1.807) is 6.20 Å². The van der Waals surface area contributed by atoms with E-state index < -0.39 is 16.2 Å². The van der Waals surface area contributed by atoms with Crippen LogP contribution in [-0.4, -0.2) is 35.8 Å². The Balaban J connectivity index is 1.48. The first-order valence-electron chi connectivity index (χ1n) is 15.9. The van der Waals surface area contributed by atoms with Crippen LogP contribution in [0.5, 0.6) is 0 Å². The maximum atomic E-state index is 14.6. The topological polar surface area (TPSA) is 128 Å². The quantitative estimate of drug-likeness (QED) is 0.365. The number of carbonyl (C=O) groups excluding carboxylic acids is 4. The minimum Gasteiger partial charge on any atom is -0.469 e. The lowest BCUT2D eigenvalue weighted by molar-refractivity contribution is -0.191. The third-order valence-electron chi connectivity index (χ3n) is 13.5. The second-order valence-electron chi connectivity index (χ2n) is 16.0. The Hall–Kier alpha value is -2.97. The molecule has 5 aliphatic rings. The van der Waals surface area contributed by atoms with E-state index in [9.17, 15) is 19.2 Å². The number of nitrogens with zero attached hydrogens (tertiary/aromatic N) is 1. The summed E-state index contributed by atoms with van der Waals surface area (Å²) in [6.07, 6.45) is 9.75. The van der Waals surface area contributed by atoms with E-state index in [4.69, 9.17) is 9.26 Å². The van der Waals surface area contributed by atoms with Gasteiger partial charge in [-0.25, -0.2) is 0 Å². The van der Waals surface area contributed by atoms with E-state index in [1.165, 1.54) is 14.0 Å². The summed E-state index contributed by atoms with van der Waals surface area (Å²) in [6.45, 7) is 14.6. The molecule has 0 aromatic carbocycles. The third kappa shape index (κ3) is 3.78. The van der Waals surface area contributed by atoms with Crippen LogP contribution in [0.15, 0.2) is 22.4 Å². The lowest BCUT2D eigenvalue weighted by Gasteiger charge is -2.69. The average molecular weight is 594 g/mol. The molecule has 6 rings (SSSR count). The highest BCUT2D eigenvalue weighted by molar-refractivity contribution is 5.97. The standard InChI is InChI=1S/C34H47N3O6/c1-19(38)36-37-27(40)33(7)23-9-10-31(5)24(30(23,4)16-20-18-35-43-26(20)33)15-22(39)25-21-17-29(2,3)11-13-34(21,28(41)42-8)14-12-32(25,31)6/h15,18,21,23,25H,9-14,16-17H2,1-8H3,(H,36,38)(H,37,40)/t21-,23?,25-,30-,31+,32+,33-,34-/m0/s1. The number of hydrogen-bond acceptors (Lipinski definition) is 7. The maximum absolute atomic E-state index is 14.6. The molecule has 0 radical (unpaired) electrons. The van der Waals surface area contributed by atoms with Crippen LogP contribution in [0.4, 0.5) is 0 Å². The number of aromatic nitrogens is 1. The van der Waals surface area contributed by atoms with Crippen molar-refractivity contribution in [3.05, 3.63) is 29.2 Å². The fraction of sp³-hybridized carbons (Fsp3) is 0.735. The number of rotatable bonds is 2. The van der Waals surface area contributed by atoms with Gasteiger partial charge < -0.3 is 9.26 Å². The SMILES string of the molecule is COC(=O)[C@]12CCC(C)(C)C[C@H]1[C@H]1C(=O)C=C3[C@@]4(C)Cc5cnoc5[C@@](C)(C(=O)NNC(C)=O)C4CC[C@@]3(C)[C@]1(C)CC2. The number of carbonyl (C=O) groups is 4. The second kappa shape index (κ2) is 9.27. The van der Waals surface area contributed by atoms with Crippen LogP contribution in [0, 0.1) is 44.8 Å². The maximum Gasteiger partial charge on any atom is 0.312 e. The first kappa shape index (κ1) is 30.1. The fourth-order valence-electron chi connectivity index (χ4n) is 11.1. The molecule has 0 spiro atoms. The predicted octanol–water partition coefficient (Wildman–Crippen LogP) is 4.99. The number of hydrogen-bond donors (Lipinski definition) is 2. The van der Waals surface area contributed by atoms with Gasteiger partial charge in [-0.15, -0.1) is 0 Å². The average Bonchev–Trinajstić information content (AvgIpc) is 3.40. The molecule has 9 heteroatoms. The molecule has 1 heterocycles. The van der Waals surface area contributed by atoms with Gasteiger partial charge >= 0.3 is 5.97 Å². The summed E-state index contributed by atoms with van der Waals surface area (Å²) < 4.78 is 11.2. The Morgan fingerprint density at radius 2 is 1.70 bits per heavy atom. The summed E-state index contributed by atoms with van der Waals surface area (Å²) >= 11 is 0. The molecule has 3 fully saturated rings. The van der Waals surface area contributed by atoms with Crippen molar-refractivity contribution in [3.63, 3.8) is 0 Å². The van der Waals surface area contributed by atoms with Crippen LogP contribution in [0.1, 0.15) is 105 Å². The molecule has 5 aliphatic carbocycles. The van der Waals surface area contributed by atoms with E-state index in [0.717, 1.165) is 56.1 Å². The zero-order chi connectivity index (χ0) is 31.4. The van der Waals surface area contributed by atoms with Gasteiger partial charge in [-0.3, -0.25) is 30.0 Å². The summed E-state index contributed by atoms with van der Waals surface area (Å²) in [5.41, 5.74) is 4.13. The Morgan fingerprint density at radius 3 is 2.37 bits per heavy atom. The largest absolute Gasteiger partial charge is 0.469 e. The molecule has 0 aliphatic heterocycles. The monoisotopic (exact) mass is 593 g/mol. The van der Waals surface area contributed by atoms with Gasteiger partial charge in [0, 0.05) is 18.4 Å². The lowest BCUT2D eigenvalue weighted by Crippen LogP contribution is -2.67. The highest BCUT2D eigenvalue weighted by atomic mass is 16.5. The van der Waals surface area contributed by atoms with Crippen LogP contribution in [0.2, 0.25) is 0 Å². The molecule has 234 valence electrons. The van der Waals surface area contributed by atoms with Crippen LogP contribution in [0.3, 0.4) is 0 Å². The van der Waals surface area contributed by atoms with Gasteiger partial charge in [0.15, 0.2) is 11.5 Å². The summed E-state index contributed by atoms with van der Waals surface area (Å²) in [5.74, 6) is -0.795. The molecule has 1 aromatic heterocycles. The van der Waals surface area contributed by atoms with Crippen molar-refractivity contribution in [1.82, 2.24) is 16.0 Å². The van der Waals surface area contributed by atoms with Crippen LogP contribution in [0.25, 0.3) is 0 Å². The number of nitrogens with one attached hydrogen (secondary N) is 2. The van der Waals surface area contributed by atoms with Crippen LogP contribution >= 0.6 is 0 Å². The van der Waals surface area contributed by atoms with Gasteiger partial charge in [0.2, 0.25) is 5.91 Å². The highest BCUT2D eigenvalue weighted by Crippen LogP contribution is 2.75. The van der Waals surface area contributed by atoms with Gasteiger partial charge in [0.1, 0.15) is 5.41 Å². The van der Waals surface area contributed by atoms with E-state index in [1.807, 2.05) is 13.0 Å². The molecule has 43 heavy (non-hydrogen) atoms.